The SMILES string of the molecule is C=C(C1CCCCC1)N(CC12CCC(c3ccc(CC)c(C)c3)(CC1)CC2)c1cc(-c2ccn(C(C)(C)C)n2)ccn1. The Morgan fingerprint density at radius 2 is 1.69 bits per heavy atom. The van der Waals surface area contributed by atoms with Gasteiger partial charge in [-0.1, -0.05) is 51.0 Å². The minimum atomic E-state index is -0.0392. The quantitative estimate of drug-likeness (QED) is 0.273. The molecule has 4 nitrogen and oxygen atoms in total. The van der Waals surface area contributed by atoms with Crippen molar-refractivity contribution in [1.82, 2.24) is 14.8 Å². The number of nitrogens with zero attached hydrogens (tertiary/aromatic N) is 4. The first kappa shape index (κ1) is 29.2. The Kier molecular flexibility index (Phi) is 7.87. The standard InChI is InChI=1S/C38H52N4/c1-7-30-13-14-33(25-28(30)2)38-20-17-37(18-21-38,19-22-38)27-41(29(3)31-11-9-8-10-12-31)35-26-32(15-23-39-35)34-16-24-42(40-34)36(4,5)6/h13-16,23-26,31H,3,7-12,17-22,27H2,1-2,4-6H3. The predicted octanol–water partition coefficient (Wildman–Crippen LogP) is 9.76. The Bertz CT molecular complexity index is 1390. The fraction of sp³-hybridized carbons (Fsp3) is 0.579. The van der Waals surface area contributed by atoms with Gasteiger partial charge in [-0.25, -0.2) is 4.98 Å². The van der Waals surface area contributed by atoms with E-state index >= 15 is 0 Å². The topological polar surface area (TPSA) is 34.0 Å². The molecule has 0 atom stereocenters. The van der Waals surface area contributed by atoms with Gasteiger partial charge >= 0.3 is 0 Å². The number of hydrogen-bond donors (Lipinski definition) is 0. The van der Waals surface area contributed by atoms with Crippen LogP contribution in [0.25, 0.3) is 11.3 Å². The molecule has 2 aromatic heterocycles. The average Bonchev–Trinajstić information content (AvgIpc) is 3.53. The zero-order chi connectivity index (χ0) is 29.5. The highest BCUT2D eigenvalue weighted by Gasteiger charge is 2.50. The minimum absolute atomic E-state index is 0.0392. The lowest BCUT2D eigenvalue weighted by atomic mass is 9.51. The van der Waals surface area contributed by atoms with E-state index in [4.69, 9.17) is 16.7 Å². The number of benzene rings is 1. The van der Waals surface area contributed by atoms with E-state index in [9.17, 15) is 0 Å². The van der Waals surface area contributed by atoms with Gasteiger partial charge in [0.1, 0.15) is 5.82 Å². The molecule has 4 heteroatoms. The summed E-state index contributed by atoms with van der Waals surface area (Å²) in [5, 5.41) is 4.94. The molecule has 0 N–H and O–H groups in total. The monoisotopic (exact) mass is 564 g/mol. The van der Waals surface area contributed by atoms with E-state index in [1.807, 2.05) is 6.20 Å². The Balaban J connectivity index is 1.27. The molecule has 4 aliphatic rings. The number of hydrogen-bond acceptors (Lipinski definition) is 3. The summed E-state index contributed by atoms with van der Waals surface area (Å²) in [6, 6.07) is 13.9. The highest BCUT2D eigenvalue weighted by Crippen LogP contribution is 2.58. The van der Waals surface area contributed by atoms with Gasteiger partial charge in [-0.3, -0.25) is 4.68 Å². The van der Waals surface area contributed by atoms with Crippen LogP contribution in [0.5, 0.6) is 0 Å². The summed E-state index contributed by atoms with van der Waals surface area (Å²) in [5.74, 6) is 1.61. The molecule has 0 aliphatic heterocycles. The Hall–Kier alpha value is -2.88. The summed E-state index contributed by atoms with van der Waals surface area (Å²) in [6.07, 6.45) is 19.5. The van der Waals surface area contributed by atoms with Crippen LogP contribution in [0.1, 0.15) is 115 Å². The number of pyridine rings is 1. The number of aromatic nitrogens is 3. The third kappa shape index (κ3) is 5.58. The van der Waals surface area contributed by atoms with Crippen LogP contribution in [0.2, 0.25) is 0 Å². The Morgan fingerprint density at radius 1 is 0.976 bits per heavy atom. The van der Waals surface area contributed by atoms with Crippen LogP contribution in [-0.4, -0.2) is 21.3 Å². The fourth-order valence-electron chi connectivity index (χ4n) is 8.25. The summed E-state index contributed by atoms with van der Waals surface area (Å²) in [7, 11) is 0. The number of anilines is 1. The van der Waals surface area contributed by atoms with Crippen LogP contribution in [0.3, 0.4) is 0 Å². The van der Waals surface area contributed by atoms with Crippen molar-refractivity contribution in [3.05, 3.63) is 77.8 Å². The zero-order valence-corrected chi connectivity index (χ0v) is 26.9. The van der Waals surface area contributed by atoms with Crippen LogP contribution in [0.4, 0.5) is 5.82 Å². The summed E-state index contributed by atoms with van der Waals surface area (Å²) < 4.78 is 2.06. The molecular formula is C38H52N4. The first-order valence-corrected chi connectivity index (χ1v) is 16.7. The van der Waals surface area contributed by atoms with Crippen molar-refractivity contribution in [1.29, 1.82) is 0 Å². The van der Waals surface area contributed by atoms with E-state index in [2.05, 4.69) is 86.8 Å². The van der Waals surface area contributed by atoms with Gasteiger partial charge in [-0.15, -0.1) is 0 Å². The average molecular weight is 565 g/mol. The molecule has 0 saturated heterocycles. The number of aryl methyl sites for hydroxylation is 2. The molecule has 1 aromatic carbocycles. The molecule has 42 heavy (non-hydrogen) atoms. The van der Waals surface area contributed by atoms with Crippen molar-refractivity contribution in [2.24, 2.45) is 11.3 Å². The largest absolute Gasteiger partial charge is 0.330 e. The van der Waals surface area contributed by atoms with Crippen LogP contribution in [0.15, 0.2) is 61.1 Å². The van der Waals surface area contributed by atoms with E-state index in [1.165, 1.54) is 87.5 Å². The molecule has 0 amide bonds. The zero-order valence-electron chi connectivity index (χ0n) is 26.9. The van der Waals surface area contributed by atoms with Crippen molar-refractivity contribution in [2.45, 2.75) is 123 Å². The maximum absolute atomic E-state index is 5.00. The number of rotatable bonds is 8. The van der Waals surface area contributed by atoms with Gasteiger partial charge in [0.15, 0.2) is 0 Å². The predicted molar refractivity (Wildman–Crippen MR) is 176 cm³/mol. The molecule has 224 valence electrons. The highest BCUT2D eigenvalue weighted by molar-refractivity contribution is 5.64. The molecule has 0 radical (unpaired) electrons. The van der Waals surface area contributed by atoms with Crippen LogP contribution < -0.4 is 4.90 Å². The van der Waals surface area contributed by atoms with Gasteiger partial charge in [0.05, 0.1) is 11.2 Å². The van der Waals surface area contributed by atoms with Crippen LogP contribution >= 0.6 is 0 Å². The van der Waals surface area contributed by atoms with Crippen molar-refractivity contribution in [2.75, 3.05) is 11.4 Å². The highest BCUT2D eigenvalue weighted by atomic mass is 15.3. The summed E-state index contributed by atoms with van der Waals surface area (Å²) >= 11 is 0. The van der Waals surface area contributed by atoms with E-state index in [1.54, 1.807) is 5.56 Å². The van der Waals surface area contributed by atoms with Gasteiger partial charge < -0.3 is 4.90 Å². The molecule has 4 aliphatic carbocycles. The van der Waals surface area contributed by atoms with Crippen molar-refractivity contribution < 1.29 is 0 Å². The molecule has 4 fully saturated rings. The molecule has 0 unspecified atom stereocenters. The van der Waals surface area contributed by atoms with Crippen LogP contribution in [0, 0.1) is 18.3 Å². The summed E-state index contributed by atoms with van der Waals surface area (Å²) in [5.41, 5.74) is 8.67. The Labute approximate surface area is 254 Å². The molecule has 3 aromatic rings. The minimum Gasteiger partial charge on any atom is -0.330 e. The molecule has 2 heterocycles. The van der Waals surface area contributed by atoms with E-state index < -0.39 is 0 Å². The smallest absolute Gasteiger partial charge is 0.133 e. The van der Waals surface area contributed by atoms with Crippen molar-refractivity contribution >= 4 is 5.82 Å². The maximum Gasteiger partial charge on any atom is 0.133 e. The van der Waals surface area contributed by atoms with Gasteiger partial charge in [0, 0.05) is 30.2 Å². The van der Waals surface area contributed by atoms with E-state index in [0.717, 1.165) is 30.0 Å². The summed E-state index contributed by atoms with van der Waals surface area (Å²) in [6.45, 7) is 17.0. The summed E-state index contributed by atoms with van der Waals surface area (Å²) in [4.78, 5) is 7.55. The molecule has 0 spiro atoms. The third-order valence-electron chi connectivity index (χ3n) is 11.2. The number of fused-ring (bicyclic) bond motifs is 3. The lowest BCUT2D eigenvalue weighted by Gasteiger charge is -2.55. The second kappa shape index (κ2) is 11.3. The second-order valence-electron chi connectivity index (χ2n) is 14.9. The van der Waals surface area contributed by atoms with Crippen LogP contribution in [-0.2, 0) is 17.4 Å². The molecule has 4 saturated carbocycles. The van der Waals surface area contributed by atoms with Gasteiger partial charge in [-0.2, -0.15) is 5.10 Å². The first-order chi connectivity index (χ1) is 20.1. The third-order valence-corrected chi connectivity index (χ3v) is 11.2. The molecular weight excluding hydrogens is 512 g/mol. The first-order valence-electron chi connectivity index (χ1n) is 16.7. The van der Waals surface area contributed by atoms with Crippen molar-refractivity contribution in [3.63, 3.8) is 0 Å². The molecule has 2 bridgehead atoms. The van der Waals surface area contributed by atoms with Gasteiger partial charge in [-0.05, 0) is 137 Å². The normalized spacial score (nSPS) is 24.6. The van der Waals surface area contributed by atoms with E-state index in [0.29, 0.717) is 16.7 Å². The maximum atomic E-state index is 5.00. The van der Waals surface area contributed by atoms with Crippen molar-refractivity contribution in [3.8, 4) is 11.3 Å². The number of allylic oxidation sites excluding steroid dienone is 1. The molecule has 7 rings (SSSR count). The Morgan fingerprint density at radius 3 is 2.31 bits per heavy atom. The lowest BCUT2D eigenvalue weighted by Crippen LogP contribution is -2.49. The van der Waals surface area contributed by atoms with Gasteiger partial charge in [0.25, 0.3) is 0 Å². The fourth-order valence-corrected chi connectivity index (χ4v) is 8.25. The lowest BCUT2D eigenvalue weighted by molar-refractivity contribution is 0.0459. The second-order valence-corrected chi connectivity index (χ2v) is 14.9. The van der Waals surface area contributed by atoms with Gasteiger partial charge in [0.2, 0.25) is 0 Å². The van der Waals surface area contributed by atoms with E-state index in [-0.39, 0.29) is 5.54 Å².